The van der Waals surface area contributed by atoms with Crippen LogP contribution in [-0.4, -0.2) is 11.9 Å². The average Bonchev–Trinajstić information content (AvgIpc) is 1.25. The molecule has 9 nitrogen and oxygen atoms in total. The third-order valence-electron chi connectivity index (χ3n) is 0. The fourth-order valence-electron chi connectivity index (χ4n) is 0. The molecule has 0 rings (SSSR count). The molecular weight excluding hydrogens is 241 g/mol. The summed E-state index contributed by atoms with van der Waals surface area (Å²) in [4.78, 5) is 17.8. The van der Waals surface area contributed by atoms with Gasteiger partial charge in [-0.1, -0.05) is 0 Å². The van der Waals surface area contributed by atoms with Gasteiger partial charge in [0.15, 0.2) is 0 Å². The van der Waals surface area contributed by atoms with Gasteiger partial charge < -0.3 is 50.6 Å². The number of hydrogen-bond acceptors (Lipinski definition) is 9. The summed E-state index contributed by atoms with van der Waals surface area (Å²) in [5.41, 5.74) is 0. The summed E-state index contributed by atoms with van der Waals surface area (Å²) in [5, 5.41) is 17.8. The van der Waals surface area contributed by atoms with Crippen LogP contribution in [-0.2, 0) is 26.4 Å². The zero-order valence-electron chi connectivity index (χ0n) is 8.50. The fourth-order valence-corrected chi connectivity index (χ4v) is 0. The molecular formula is C4H21CoN5O4. The molecule has 0 bridgehead atoms. The quantitative estimate of drug-likeness (QED) is 0.333. The summed E-state index contributed by atoms with van der Waals surface area (Å²) in [6.07, 6.45) is 0. The zero-order valence-corrected chi connectivity index (χ0v) is 9.54. The van der Waals surface area contributed by atoms with E-state index in [1.807, 2.05) is 0 Å². The minimum absolute atomic E-state index is 0. The summed E-state index contributed by atoms with van der Waals surface area (Å²) < 4.78 is 0. The Hall–Kier alpha value is -0.754. The first-order valence-electron chi connectivity index (χ1n) is 1.82. The van der Waals surface area contributed by atoms with E-state index in [1.165, 1.54) is 0 Å². The van der Waals surface area contributed by atoms with E-state index >= 15 is 0 Å². The number of carboxylic acids is 2. The third kappa shape index (κ3) is 2080. The first-order chi connectivity index (χ1) is 3.46. The molecule has 0 spiro atoms. The summed E-state index contributed by atoms with van der Waals surface area (Å²) >= 11 is 0. The standard InChI is InChI=1S/2C2H4O2.Co.5H3N/c2*1-2(3)4;;;;;;/h2*1H3,(H,3,4);;5*1H3/q;;+2;;;;;/p-2. The maximum absolute atomic E-state index is 8.89. The second kappa shape index (κ2) is 56.3. The molecule has 14 heavy (non-hydrogen) atoms. The summed E-state index contributed by atoms with van der Waals surface area (Å²) in [6.45, 7) is 1.94. The molecule has 0 aliphatic rings. The van der Waals surface area contributed by atoms with Gasteiger partial charge in [-0.25, -0.2) is 0 Å². The summed E-state index contributed by atoms with van der Waals surface area (Å²) in [5.74, 6) is -2.17. The van der Waals surface area contributed by atoms with Crippen LogP contribution in [0.1, 0.15) is 13.8 Å². The number of hydrogen-bond donors (Lipinski definition) is 5. The molecule has 0 atom stereocenters. The van der Waals surface area contributed by atoms with Gasteiger partial charge in [-0.2, -0.15) is 0 Å². The van der Waals surface area contributed by atoms with Gasteiger partial charge in [-0.05, 0) is 13.8 Å². The number of carboxylic acid groups (broad SMARTS) is 2. The Bertz CT molecular complexity index is 83.7. The number of carbonyl (C=O) groups is 2. The van der Waals surface area contributed by atoms with E-state index in [0.29, 0.717) is 0 Å². The molecule has 15 N–H and O–H groups in total. The van der Waals surface area contributed by atoms with E-state index in [0.717, 1.165) is 13.8 Å². The van der Waals surface area contributed by atoms with Crippen molar-refractivity contribution in [3.63, 3.8) is 0 Å². The van der Waals surface area contributed by atoms with E-state index in [9.17, 15) is 0 Å². The van der Waals surface area contributed by atoms with Crippen LogP contribution in [0.2, 0.25) is 0 Å². The Morgan fingerprint density at radius 1 is 0.714 bits per heavy atom. The van der Waals surface area contributed by atoms with Crippen molar-refractivity contribution in [3.05, 3.63) is 0 Å². The monoisotopic (exact) mass is 262 g/mol. The second-order valence-corrected chi connectivity index (χ2v) is 0.983. The third-order valence-corrected chi connectivity index (χ3v) is 0. The van der Waals surface area contributed by atoms with E-state index < -0.39 is 11.9 Å². The van der Waals surface area contributed by atoms with Gasteiger partial charge in [0.2, 0.25) is 0 Å². The molecule has 0 aromatic rings. The first kappa shape index (κ1) is 72.2. The molecule has 0 aliphatic carbocycles. The molecule has 0 unspecified atom stereocenters. The minimum atomic E-state index is -1.08. The molecule has 0 aliphatic heterocycles. The van der Waals surface area contributed by atoms with Crippen molar-refractivity contribution in [1.82, 2.24) is 30.8 Å². The first-order valence-corrected chi connectivity index (χ1v) is 1.82. The van der Waals surface area contributed by atoms with E-state index in [1.54, 1.807) is 0 Å². The Balaban J connectivity index is -0.00000000600. The molecule has 0 heterocycles. The van der Waals surface area contributed by atoms with Crippen molar-refractivity contribution in [2.45, 2.75) is 13.8 Å². The number of carbonyl (C=O) groups excluding carboxylic acids is 2. The number of aliphatic carboxylic acids is 2. The van der Waals surface area contributed by atoms with Crippen LogP contribution >= 0.6 is 0 Å². The Morgan fingerprint density at radius 2 is 0.714 bits per heavy atom. The van der Waals surface area contributed by atoms with Gasteiger partial charge in [-0.3, -0.25) is 0 Å². The van der Waals surface area contributed by atoms with Crippen LogP contribution in [0.4, 0.5) is 0 Å². The normalized spacial score (nSPS) is 3.57. The van der Waals surface area contributed by atoms with Crippen LogP contribution in [0.25, 0.3) is 0 Å². The maximum atomic E-state index is 8.89. The van der Waals surface area contributed by atoms with Crippen LogP contribution in [0.5, 0.6) is 0 Å². The zero-order chi connectivity index (χ0) is 7.15. The van der Waals surface area contributed by atoms with Crippen molar-refractivity contribution in [3.8, 4) is 0 Å². The largest absolute Gasteiger partial charge is 2.00 e. The molecule has 0 aromatic heterocycles. The van der Waals surface area contributed by atoms with Crippen molar-refractivity contribution in [2.75, 3.05) is 0 Å². The SMILES string of the molecule is CC(=O)[O-].CC(=O)[O-].N.N.N.N.N.[Co+2]. The Kier molecular flexibility index (Phi) is 290. The molecule has 0 aromatic carbocycles. The van der Waals surface area contributed by atoms with Gasteiger partial charge in [-0.15, -0.1) is 0 Å². The smallest absolute Gasteiger partial charge is 0.550 e. The van der Waals surface area contributed by atoms with E-state index in [2.05, 4.69) is 0 Å². The predicted molar refractivity (Wildman–Crippen MR) is 46.5 cm³/mol. The molecule has 0 saturated carbocycles. The Labute approximate surface area is 93.8 Å². The van der Waals surface area contributed by atoms with E-state index in [-0.39, 0.29) is 47.5 Å². The topological polar surface area (TPSA) is 255 Å². The van der Waals surface area contributed by atoms with Crippen LogP contribution in [0, 0.1) is 0 Å². The van der Waals surface area contributed by atoms with Gasteiger partial charge >= 0.3 is 16.8 Å². The fraction of sp³-hybridized carbons (Fsp3) is 0.500. The molecule has 95 valence electrons. The van der Waals surface area contributed by atoms with Gasteiger partial charge in [0, 0.05) is 11.9 Å². The molecule has 10 heteroatoms. The van der Waals surface area contributed by atoms with Crippen molar-refractivity contribution < 1.29 is 36.6 Å². The van der Waals surface area contributed by atoms with Gasteiger partial charge in [0.1, 0.15) is 0 Å². The predicted octanol–water partition coefficient (Wildman–Crippen LogP) is -1.68. The van der Waals surface area contributed by atoms with Gasteiger partial charge in [0.25, 0.3) is 0 Å². The Morgan fingerprint density at radius 3 is 0.714 bits per heavy atom. The van der Waals surface area contributed by atoms with Crippen LogP contribution < -0.4 is 41.0 Å². The van der Waals surface area contributed by atoms with E-state index in [4.69, 9.17) is 19.8 Å². The number of rotatable bonds is 0. The van der Waals surface area contributed by atoms with Crippen molar-refractivity contribution >= 4 is 11.9 Å². The van der Waals surface area contributed by atoms with Crippen LogP contribution in [0.15, 0.2) is 0 Å². The average molecular weight is 262 g/mol. The summed E-state index contributed by atoms with van der Waals surface area (Å²) in [6, 6.07) is 0. The molecule has 0 amide bonds. The van der Waals surface area contributed by atoms with Gasteiger partial charge in [0.05, 0.1) is 0 Å². The van der Waals surface area contributed by atoms with Crippen molar-refractivity contribution in [1.29, 1.82) is 0 Å². The molecule has 1 radical (unpaired) electrons. The minimum Gasteiger partial charge on any atom is -0.550 e. The summed E-state index contributed by atoms with van der Waals surface area (Å²) in [7, 11) is 0. The maximum Gasteiger partial charge on any atom is 2.00 e. The molecule has 0 saturated heterocycles. The van der Waals surface area contributed by atoms with Crippen molar-refractivity contribution in [2.24, 2.45) is 0 Å². The molecule has 0 fully saturated rings. The van der Waals surface area contributed by atoms with Crippen LogP contribution in [0.3, 0.4) is 0 Å². The second-order valence-electron chi connectivity index (χ2n) is 0.983.